The van der Waals surface area contributed by atoms with Gasteiger partial charge in [0.05, 0.1) is 13.2 Å². The number of amides is 1. The maximum absolute atomic E-state index is 12.6. The third-order valence-corrected chi connectivity index (χ3v) is 4.40. The fraction of sp³-hybridized carbons (Fsp3) is 0.350. The molecule has 4 heteroatoms. The van der Waals surface area contributed by atoms with Gasteiger partial charge in [-0.2, -0.15) is 0 Å². The summed E-state index contributed by atoms with van der Waals surface area (Å²) in [6.45, 7) is 5.93. The Balaban J connectivity index is 1.75. The molecule has 1 fully saturated rings. The van der Waals surface area contributed by atoms with Crippen LogP contribution in [0.25, 0.3) is 0 Å². The summed E-state index contributed by atoms with van der Waals surface area (Å²) >= 11 is 0. The van der Waals surface area contributed by atoms with Crippen molar-refractivity contribution >= 4 is 11.6 Å². The smallest absolute Gasteiger partial charge is 0.253 e. The average Bonchev–Trinajstić information content (AvgIpc) is 2.63. The number of hydrogen-bond donors (Lipinski definition) is 0. The second kappa shape index (κ2) is 7.49. The van der Waals surface area contributed by atoms with Crippen molar-refractivity contribution in [2.45, 2.75) is 13.5 Å². The average molecular weight is 324 g/mol. The van der Waals surface area contributed by atoms with Crippen molar-refractivity contribution in [2.24, 2.45) is 0 Å². The van der Waals surface area contributed by atoms with Crippen LogP contribution in [0.15, 0.2) is 48.5 Å². The number of benzene rings is 2. The molecule has 0 atom stereocenters. The molecule has 0 saturated carbocycles. The van der Waals surface area contributed by atoms with Gasteiger partial charge in [0.2, 0.25) is 0 Å². The SMILES string of the molecule is Cc1ccc(C(=O)N(C)Cc2ccccc2N2CCOCC2)cc1. The summed E-state index contributed by atoms with van der Waals surface area (Å²) in [6.07, 6.45) is 0. The molecule has 1 amide bonds. The first-order valence-electron chi connectivity index (χ1n) is 8.38. The van der Waals surface area contributed by atoms with Gasteiger partial charge in [0.25, 0.3) is 5.91 Å². The fourth-order valence-corrected chi connectivity index (χ4v) is 3.00. The maximum atomic E-state index is 12.6. The van der Waals surface area contributed by atoms with E-state index >= 15 is 0 Å². The Morgan fingerprint density at radius 1 is 1.08 bits per heavy atom. The summed E-state index contributed by atoms with van der Waals surface area (Å²) in [5, 5.41) is 0. The molecular weight excluding hydrogens is 300 g/mol. The first kappa shape index (κ1) is 16.5. The van der Waals surface area contributed by atoms with Crippen LogP contribution in [0.5, 0.6) is 0 Å². The Morgan fingerprint density at radius 3 is 2.46 bits per heavy atom. The van der Waals surface area contributed by atoms with Gasteiger partial charge in [0, 0.05) is 37.9 Å². The standard InChI is InChI=1S/C20H24N2O2/c1-16-7-9-17(10-8-16)20(23)21(2)15-18-5-3-4-6-19(18)22-11-13-24-14-12-22/h3-10H,11-15H2,1-2H3. The van der Waals surface area contributed by atoms with Crippen LogP contribution in [0.3, 0.4) is 0 Å². The lowest BCUT2D eigenvalue weighted by Gasteiger charge is -2.31. The van der Waals surface area contributed by atoms with Crippen LogP contribution in [0, 0.1) is 6.92 Å². The maximum Gasteiger partial charge on any atom is 0.253 e. The molecule has 2 aromatic carbocycles. The summed E-state index contributed by atoms with van der Waals surface area (Å²) in [7, 11) is 1.86. The van der Waals surface area contributed by atoms with Gasteiger partial charge in [-0.05, 0) is 30.7 Å². The van der Waals surface area contributed by atoms with Gasteiger partial charge in [-0.3, -0.25) is 4.79 Å². The fourth-order valence-electron chi connectivity index (χ4n) is 3.00. The van der Waals surface area contributed by atoms with Crippen molar-refractivity contribution in [2.75, 3.05) is 38.3 Å². The van der Waals surface area contributed by atoms with Crippen LogP contribution >= 0.6 is 0 Å². The summed E-state index contributed by atoms with van der Waals surface area (Å²) < 4.78 is 5.44. The molecule has 0 unspecified atom stereocenters. The number of ether oxygens (including phenoxy) is 1. The molecule has 2 aromatic rings. The zero-order valence-corrected chi connectivity index (χ0v) is 14.4. The van der Waals surface area contributed by atoms with E-state index in [0.717, 1.165) is 37.4 Å². The molecule has 0 N–H and O–H groups in total. The molecule has 0 radical (unpaired) electrons. The number of hydrogen-bond acceptors (Lipinski definition) is 3. The number of nitrogens with zero attached hydrogens (tertiary/aromatic N) is 2. The van der Waals surface area contributed by atoms with Crippen molar-refractivity contribution in [3.8, 4) is 0 Å². The van der Waals surface area contributed by atoms with Gasteiger partial charge < -0.3 is 14.5 Å². The highest BCUT2D eigenvalue weighted by Crippen LogP contribution is 2.23. The van der Waals surface area contributed by atoms with Gasteiger partial charge in [-0.25, -0.2) is 0 Å². The number of aryl methyl sites for hydroxylation is 1. The lowest BCUT2D eigenvalue weighted by molar-refractivity contribution is 0.0785. The molecule has 0 aliphatic carbocycles. The lowest BCUT2D eigenvalue weighted by Crippen LogP contribution is -2.37. The van der Waals surface area contributed by atoms with Gasteiger partial charge in [-0.15, -0.1) is 0 Å². The Morgan fingerprint density at radius 2 is 1.75 bits per heavy atom. The second-order valence-corrected chi connectivity index (χ2v) is 6.26. The van der Waals surface area contributed by atoms with E-state index in [1.54, 1.807) is 4.90 Å². The van der Waals surface area contributed by atoms with E-state index in [2.05, 4.69) is 23.1 Å². The topological polar surface area (TPSA) is 32.8 Å². The molecule has 1 saturated heterocycles. The lowest BCUT2D eigenvalue weighted by atomic mass is 10.1. The second-order valence-electron chi connectivity index (χ2n) is 6.26. The Labute approximate surface area is 143 Å². The number of carbonyl (C=O) groups is 1. The highest BCUT2D eigenvalue weighted by atomic mass is 16.5. The number of rotatable bonds is 4. The molecule has 3 rings (SSSR count). The molecule has 4 nitrogen and oxygen atoms in total. The molecule has 24 heavy (non-hydrogen) atoms. The van der Waals surface area contributed by atoms with E-state index < -0.39 is 0 Å². The minimum absolute atomic E-state index is 0.0479. The molecule has 0 aromatic heterocycles. The van der Waals surface area contributed by atoms with Crippen LogP contribution in [0.2, 0.25) is 0 Å². The zero-order valence-electron chi connectivity index (χ0n) is 14.4. The number of morpholine rings is 1. The first-order valence-corrected chi connectivity index (χ1v) is 8.38. The molecule has 0 spiro atoms. The molecule has 1 aliphatic rings. The van der Waals surface area contributed by atoms with E-state index in [-0.39, 0.29) is 5.91 Å². The van der Waals surface area contributed by atoms with E-state index in [9.17, 15) is 4.79 Å². The quantitative estimate of drug-likeness (QED) is 0.866. The number of carbonyl (C=O) groups excluding carboxylic acids is 1. The molecule has 1 heterocycles. The highest BCUT2D eigenvalue weighted by molar-refractivity contribution is 5.94. The van der Waals surface area contributed by atoms with Gasteiger partial charge in [0.15, 0.2) is 0 Å². The van der Waals surface area contributed by atoms with Gasteiger partial charge >= 0.3 is 0 Å². The van der Waals surface area contributed by atoms with E-state index in [1.807, 2.05) is 44.3 Å². The third-order valence-electron chi connectivity index (χ3n) is 4.40. The minimum Gasteiger partial charge on any atom is -0.378 e. The van der Waals surface area contributed by atoms with Crippen molar-refractivity contribution in [1.29, 1.82) is 0 Å². The molecule has 1 aliphatic heterocycles. The predicted molar refractivity (Wildman–Crippen MR) is 96.5 cm³/mol. The van der Waals surface area contributed by atoms with Crippen LogP contribution in [-0.4, -0.2) is 44.2 Å². The molecule has 126 valence electrons. The predicted octanol–water partition coefficient (Wildman–Crippen LogP) is 3.10. The third kappa shape index (κ3) is 3.77. The number of para-hydroxylation sites is 1. The first-order chi connectivity index (χ1) is 11.6. The molecular formula is C20H24N2O2. The normalized spacial score (nSPS) is 14.5. The summed E-state index contributed by atoms with van der Waals surface area (Å²) in [5.41, 5.74) is 4.26. The van der Waals surface area contributed by atoms with Gasteiger partial charge in [0.1, 0.15) is 0 Å². The highest BCUT2D eigenvalue weighted by Gasteiger charge is 2.17. The van der Waals surface area contributed by atoms with Gasteiger partial charge in [-0.1, -0.05) is 35.9 Å². The number of anilines is 1. The van der Waals surface area contributed by atoms with E-state index in [4.69, 9.17) is 4.74 Å². The van der Waals surface area contributed by atoms with Crippen molar-refractivity contribution in [1.82, 2.24) is 4.90 Å². The Bertz CT molecular complexity index is 691. The zero-order chi connectivity index (χ0) is 16.9. The summed E-state index contributed by atoms with van der Waals surface area (Å²) in [6, 6.07) is 16.0. The van der Waals surface area contributed by atoms with Crippen LogP contribution in [-0.2, 0) is 11.3 Å². The molecule has 0 bridgehead atoms. The monoisotopic (exact) mass is 324 g/mol. The summed E-state index contributed by atoms with van der Waals surface area (Å²) in [4.78, 5) is 16.8. The van der Waals surface area contributed by atoms with Crippen LogP contribution < -0.4 is 4.90 Å². The van der Waals surface area contributed by atoms with E-state index in [1.165, 1.54) is 11.3 Å². The van der Waals surface area contributed by atoms with Crippen molar-refractivity contribution in [3.63, 3.8) is 0 Å². The van der Waals surface area contributed by atoms with Crippen molar-refractivity contribution in [3.05, 3.63) is 65.2 Å². The Kier molecular flexibility index (Phi) is 5.16. The van der Waals surface area contributed by atoms with Crippen molar-refractivity contribution < 1.29 is 9.53 Å². The van der Waals surface area contributed by atoms with E-state index in [0.29, 0.717) is 6.54 Å². The minimum atomic E-state index is 0.0479. The van der Waals surface area contributed by atoms with Crippen LogP contribution in [0.4, 0.5) is 5.69 Å². The Hall–Kier alpha value is -2.33. The van der Waals surface area contributed by atoms with Crippen LogP contribution in [0.1, 0.15) is 21.5 Å². The largest absolute Gasteiger partial charge is 0.378 e. The summed E-state index contributed by atoms with van der Waals surface area (Å²) in [5.74, 6) is 0.0479.